The van der Waals surface area contributed by atoms with Gasteiger partial charge >= 0.3 is 10.1 Å². The summed E-state index contributed by atoms with van der Waals surface area (Å²) in [5, 5.41) is 0. The molecule has 0 radical (unpaired) electrons. The highest BCUT2D eigenvalue weighted by molar-refractivity contribution is 7.87. The van der Waals surface area contributed by atoms with Crippen LogP contribution in [-0.2, 0) is 10.1 Å². The van der Waals surface area contributed by atoms with Gasteiger partial charge < -0.3 is 4.18 Å². The molecular formula is C27H40O3S2. The fraction of sp³-hybridized carbons (Fsp3) is 0.556. The summed E-state index contributed by atoms with van der Waals surface area (Å²) in [5.41, 5.74) is 4.78. The Balaban J connectivity index is 2.75. The third-order valence-electron chi connectivity index (χ3n) is 5.92. The van der Waals surface area contributed by atoms with Crippen molar-refractivity contribution in [3.63, 3.8) is 0 Å². The Bertz CT molecular complexity index is 1000. The smallest absolute Gasteiger partial charge is 0.339 e. The number of hydrogen-bond acceptors (Lipinski definition) is 4. The Morgan fingerprint density at radius 3 is 1.31 bits per heavy atom. The van der Waals surface area contributed by atoms with Gasteiger partial charge in [-0.05, 0) is 69.5 Å². The van der Waals surface area contributed by atoms with E-state index in [1.807, 2.05) is 52.0 Å². The van der Waals surface area contributed by atoms with E-state index in [-0.39, 0.29) is 23.7 Å². The average Bonchev–Trinajstić information content (AvgIpc) is 2.67. The van der Waals surface area contributed by atoms with Crippen LogP contribution < -0.4 is 4.18 Å². The fourth-order valence-corrected chi connectivity index (χ4v) is 6.17. The Labute approximate surface area is 201 Å². The highest BCUT2D eigenvalue weighted by Crippen LogP contribution is 2.39. The van der Waals surface area contributed by atoms with E-state index in [4.69, 9.17) is 16.8 Å². The highest BCUT2D eigenvalue weighted by atomic mass is 32.2. The highest BCUT2D eigenvalue weighted by Gasteiger charge is 2.29. The predicted molar refractivity (Wildman–Crippen MR) is 138 cm³/mol. The number of rotatable bonds is 8. The molecule has 0 amide bonds. The number of benzene rings is 2. The fourth-order valence-electron chi connectivity index (χ4n) is 3.93. The van der Waals surface area contributed by atoms with Crippen LogP contribution in [0.1, 0.15) is 127 Å². The molecule has 2 aromatic rings. The second-order valence-corrected chi connectivity index (χ2v) is 12.2. The van der Waals surface area contributed by atoms with Crippen molar-refractivity contribution in [1.29, 1.82) is 0 Å². The molecule has 0 unspecified atom stereocenters. The van der Waals surface area contributed by atoms with Crippen molar-refractivity contribution >= 4 is 22.7 Å². The average molecular weight is 477 g/mol. The van der Waals surface area contributed by atoms with E-state index in [0.717, 1.165) is 32.7 Å². The first kappa shape index (κ1) is 26.8. The molecule has 0 heterocycles. The van der Waals surface area contributed by atoms with Crippen LogP contribution in [0.5, 0.6) is 5.75 Å². The van der Waals surface area contributed by atoms with Gasteiger partial charge in [0.2, 0.25) is 0 Å². The first-order valence-electron chi connectivity index (χ1n) is 11.7. The monoisotopic (exact) mass is 476 g/mol. The van der Waals surface area contributed by atoms with Crippen molar-refractivity contribution in [3.8, 4) is 5.75 Å². The largest absolute Gasteiger partial charge is 0.379 e. The lowest BCUT2D eigenvalue weighted by atomic mass is 9.89. The Hall–Kier alpha value is -1.46. The summed E-state index contributed by atoms with van der Waals surface area (Å²) in [4.78, 5) is 1.23. The van der Waals surface area contributed by atoms with Crippen molar-refractivity contribution in [1.82, 2.24) is 0 Å². The SMILES string of the molecule is CC(C)c1cc(C(C)C)c(S(=O)(=O)Oc2cc(C(C)C)c(S)c(C(C)C)c2)c(C(C)C)c1. The van der Waals surface area contributed by atoms with E-state index in [1.54, 1.807) is 0 Å². The molecule has 3 nitrogen and oxygen atoms in total. The van der Waals surface area contributed by atoms with Gasteiger partial charge in [-0.25, -0.2) is 0 Å². The first-order chi connectivity index (χ1) is 14.7. The summed E-state index contributed by atoms with van der Waals surface area (Å²) in [6, 6.07) is 7.72. The molecule has 0 aromatic heterocycles. The third kappa shape index (κ3) is 5.72. The second kappa shape index (κ2) is 10.2. The Kier molecular flexibility index (Phi) is 8.55. The lowest BCUT2D eigenvalue weighted by molar-refractivity contribution is 0.480. The van der Waals surface area contributed by atoms with Crippen molar-refractivity contribution in [3.05, 3.63) is 52.1 Å². The summed E-state index contributed by atoms with van der Waals surface area (Å²) >= 11 is 4.73. The van der Waals surface area contributed by atoms with Crippen molar-refractivity contribution in [2.24, 2.45) is 0 Å². The normalized spacial score (nSPS) is 12.6. The van der Waals surface area contributed by atoms with Crippen LogP contribution in [0, 0.1) is 0 Å². The summed E-state index contributed by atoms with van der Waals surface area (Å²) < 4.78 is 33.3. The van der Waals surface area contributed by atoms with Gasteiger partial charge in [0, 0.05) is 4.90 Å². The summed E-state index contributed by atoms with van der Waals surface area (Å²) in [6.45, 7) is 20.7. The van der Waals surface area contributed by atoms with Crippen LogP contribution in [0.15, 0.2) is 34.1 Å². The molecule has 2 aromatic carbocycles. The maximum atomic E-state index is 13.7. The molecule has 0 saturated heterocycles. The van der Waals surface area contributed by atoms with Gasteiger partial charge in [0.25, 0.3) is 0 Å². The van der Waals surface area contributed by atoms with Crippen LogP contribution in [0.25, 0.3) is 0 Å². The van der Waals surface area contributed by atoms with Crippen LogP contribution in [0.4, 0.5) is 0 Å². The van der Waals surface area contributed by atoms with Gasteiger partial charge in [-0.15, -0.1) is 12.6 Å². The summed E-state index contributed by atoms with van der Waals surface area (Å²) in [7, 11) is -4.03. The molecule has 0 bridgehead atoms. The van der Waals surface area contributed by atoms with Crippen LogP contribution in [0.2, 0.25) is 0 Å². The molecule has 0 fully saturated rings. The zero-order chi connectivity index (χ0) is 24.5. The molecule has 5 heteroatoms. The number of thiol groups is 1. The van der Waals surface area contributed by atoms with E-state index < -0.39 is 10.1 Å². The first-order valence-corrected chi connectivity index (χ1v) is 13.5. The molecule has 0 aliphatic rings. The molecule has 0 saturated carbocycles. The molecule has 0 aliphatic heterocycles. The molecular weight excluding hydrogens is 436 g/mol. The van der Waals surface area contributed by atoms with E-state index in [9.17, 15) is 8.42 Å². The zero-order valence-electron chi connectivity index (χ0n) is 21.3. The Morgan fingerprint density at radius 2 is 1.00 bits per heavy atom. The molecule has 0 N–H and O–H groups in total. The summed E-state index contributed by atoms with van der Waals surface area (Å²) in [6.07, 6.45) is 0. The van der Waals surface area contributed by atoms with Crippen molar-refractivity contribution in [2.75, 3.05) is 0 Å². The van der Waals surface area contributed by atoms with Gasteiger partial charge in [-0.2, -0.15) is 8.42 Å². The standard InChI is InChI=1S/C27H40O3S2/c1-15(2)20-11-24(18(7)8)27(25(12-20)19(9)10)32(28,29)30-21-13-22(16(3)4)26(31)23(14-21)17(5)6/h11-19,31H,1-10H3. The van der Waals surface area contributed by atoms with E-state index in [1.165, 1.54) is 0 Å². The Morgan fingerprint density at radius 1 is 0.625 bits per heavy atom. The molecule has 0 atom stereocenters. The second-order valence-electron chi connectivity index (χ2n) is 10.3. The molecule has 0 spiro atoms. The van der Waals surface area contributed by atoms with E-state index in [0.29, 0.717) is 16.6 Å². The van der Waals surface area contributed by atoms with Crippen molar-refractivity contribution in [2.45, 2.75) is 109 Å². The molecule has 178 valence electrons. The van der Waals surface area contributed by atoms with Crippen LogP contribution in [0.3, 0.4) is 0 Å². The van der Waals surface area contributed by atoms with Gasteiger partial charge in [-0.3, -0.25) is 0 Å². The van der Waals surface area contributed by atoms with Crippen LogP contribution in [-0.4, -0.2) is 8.42 Å². The molecule has 32 heavy (non-hydrogen) atoms. The van der Waals surface area contributed by atoms with Gasteiger partial charge in [0.05, 0.1) is 0 Å². The third-order valence-corrected chi connectivity index (χ3v) is 7.82. The minimum Gasteiger partial charge on any atom is -0.379 e. The van der Waals surface area contributed by atoms with E-state index >= 15 is 0 Å². The lowest BCUT2D eigenvalue weighted by Gasteiger charge is -2.23. The maximum Gasteiger partial charge on any atom is 0.339 e. The maximum absolute atomic E-state index is 13.7. The predicted octanol–water partition coefficient (Wildman–Crippen LogP) is 8.36. The van der Waals surface area contributed by atoms with Gasteiger partial charge in [-0.1, -0.05) is 81.4 Å². The van der Waals surface area contributed by atoms with Crippen molar-refractivity contribution < 1.29 is 12.6 Å². The molecule has 0 aliphatic carbocycles. The van der Waals surface area contributed by atoms with Gasteiger partial charge in [0.15, 0.2) is 0 Å². The van der Waals surface area contributed by atoms with Gasteiger partial charge in [0.1, 0.15) is 10.6 Å². The number of hydrogen-bond donors (Lipinski definition) is 1. The summed E-state index contributed by atoms with van der Waals surface area (Å²) in [5.74, 6) is 1.18. The topological polar surface area (TPSA) is 43.4 Å². The van der Waals surface area contributed by atoms with Crippen LogP contribution >= 0.6 is 12.6 Å². The van der Waals surface area contributed by atoms with E-state index in [2.05, 4.69) is 41.5 Å². The molecule has 2 rings (SSSR count). The quantitative estimate of drug-likeness (QED) is 0.307. The minimum absolute atomic E-state index is 0.0526. The lowest BCUT2D eigenvalue weighted by Crippen LogP contribution is -2.17. The minimum atomic E-state index is -4.03. The zero-order valence-corrected chi connectivity index (χ0v) is 23.0.